The lowest BCUT2D eigenvalue weighted by Crippen LogP contribution is -2.49. The first-order valence-electron chi connectivity index (χ1n) is 13.5. The second-order valence-electron chi connectivity index (χ2n) is 10.5. The molecule has 0 saturated heterocycles. The molecule has 1 aliphatic heterocycles. The van der Waals surface area contributed by atoms with Gasteiger partial charge in [0.1, 0.15) is 11.9 Å². The van der Waals surface area contributed by atoms with E-state index in [1.54, 1.807) is 66.4 Å². The molecule has 0 spiro atoms. The first kappa shape index (κ1) is 29.6. The Kier molecular flexibility index (Phi) is 9.59. The quantitative estimate of drug-likeness (QED) is 0.305. The highest BCUT2D eigenvalue weighted by atomic mass is 16.5. The molecule has 10 nitrogen and oxygen atoms in total. The standard InChI is InChI=1S/C31H36N4O6/c1-20-16-35(21(2)19-36)29(37)26-15-25(33-31(40)32-24-7-5-4-6-8-24)13-14-27(26)41-28(20)18-34(3)17-22-9-11-23(12-10-22)30(38)39/h4-15,20-21,28,36H,16-19H2,1-3H3,(H,38,39)(H2,32,33,40)/t20-,21-,28-/m0/s1. The van der Waals surface area contributed by atoms with Crippen molar-refractivity contribution in [3.8, 4) is 5.75 Å². The molecule has 0 bridgehead atoms. The van der Waals surface area contributed by atoms with Gasteiger partial charge in [-0.3, -0.25) is 9.69 Å². The molecule has 1 heterocycles. The molecule has 3 amide bonds. The van der Waals surface area contributed by atoms with Crippen molar-refractivity contribution in [3.05, 3.63) is 89.5 Å². The largest absolute Gasteiger partial charge is 0.488 e. The average molecular weight is 561 g/mol. The number of aliphatic hydroxyl groups excluding tert-OH is 1. The lowest BCUT2D eigenvalue weighted by molar-refractivity contribution is 0.0341. The van der Waals surface area contributed by atoms with Gasteiger partial charge in [-0.15, -0.1) is 0 Å². The maximum absolute atomic E-state index is 13.7. The Morgan fingerprint density at radius 3 is 2.39 bits per heavy atom. The molecule has 1 aliphatic rings. The number of fused-ring (bicyclic) bond motifs is 1. The molecule has 0 radical (unpaired) electrons. The van der Waals surface area contributed by atoms with Crippen LogP contribution in [0.5, 0.6) is 5.75 Å². The van der Waals surface area contributed by atoms with Crippen LogP contribution in [0.3, 0.4) is 0 Å². The van der Waals surface area contributed by atoms with Crippen LogP contribution in [0.2, 0.25) is 0 Å². The summed E-state index contributed by atoms with van der Waals surface area (Å²) < 4.78 is 6.44. The normalized spacial score (nSPS) is 17.6. The minimum absolute atomic E-state index is 0.0626. The van der Waals surface area contributed by atoms with Gasteiger partial charge in [0.2, 0.25) is 0 Å². The Bertz CT molecular complexity index is 1360. The molecular weight excluding hydrogens is 524 g/mol. The van der Waals surface area contributed by atoms with E-state index in [1.807, 2.05) is 32.2 Å². The van der Waals surface area contributed by atoms with Crippen LogP contribution in [-0.4, -0.2) is 76.8 Å². The second-order valence-corrected chi connectivity index (χ2v) is 10.5. The number of para-hydroxylation sites is 1. The van der Waals surface area contributed by atoms with E-state index in [4.69, 9.17) is 9.84 Å². The van der Waals surface area contributed by atoms with Crippen LogP contribution >= 0.6 is 0 Å². The molecule has 0 aromatic heterocycles. The van der Waals surface area contributed by atoms with Gasteiger partial charge in [-0.1, -0.05) is 37.3 Å². The van der Waals surface area contributed by atoms with E-state index in [9.17, 15) is 19.5 Å². The van der Waals surface area contributed by atoms with Crippen molar-refractivity contribution in [2.45, 2.75) is 32.5 Å². The third-order valence-electron chi connectivity index (χ3n) is 7.10. The molecular formula is C31H36N4O6. The number of nitrogens with zero attached hydrogens (tertiary/aromatic N) is 2. The molecule has 0 aliphatic carbocycles. The fourth-order valence-corrected chi connectivity index (χ4v) is 4.77. The predicted octanol–water partition coefficient (Wildman–Crippen LogP) is 4.38. The Labute approximate surface area is 239 Å². The topological polar surface area (TPSA) is 131 Å². The summed E-state index contributed by atoms with van der Waals surface area (Å²) in [7, 11) is 1.96. The highest BCUT2D eigenvalue weighted by Crippen LogP contribution is 2.31. The minimum Gasteiger partial charge on any atom is -0.488 e. The van der Waals surface area contributed by atoms with Crippen LogP contribution in [0, 0.1) is 5.92 Å². The number of likely N-dealkylation sites (N-methyl/N-ethyl adjacent to an activating group) is 1. The maximum atomic E-state index is 13.7. The first-order valence-corrected chi connectivity index (χ1v) is 13.5. The van der Waals surface area contributed by atoms with Crippen LogP contribution in [0.4, 0.5) is 16.2 Å². The molecule has 0 saturated carbocycles. The Morgan fingerprint density at radius 1 is 1.05 bits per heavy atom. The monoisotopic (exact) mass is 560 g/mol. The van der Waals surface area contributed by atoms with E-state index in [1.165, 1.54) is 0 Å². The number of carboxylic acids is 1. The van der Waals surface area contributed by atoms with Crippen LogP contribution in [-0.2, 0) is 6.54 Å². The summed E-state index contributed by atoms with van der Waals surface area (Å²) in [5, 5.41) is 24.6. The van der Waals surface area contributed by atoms with Crippen molar-refractivity contribution in [2.24, 2.45) is 5.92 Å². The Hall–Kier alpha value is -4.41. The summed E-state index contributed by atoms with van der Waals surface area (Å²) in [6, 6.07) is 19.9. The van der Waals surface area contributed by atoms with E-state index < -0.39 is 18.0 Å². The summed E-state index contributed by atoms with van der Waals surface area (Å²) in [5.74, 6) is -0.917. The van der Waals surface area contributed by atoms with Gasteiger partial charge in [0.05, 0.1) is 23.8 Å². The molecule has 10 heteroatoms. The Balaban J connectivity index is 1.54. The number of carboxylic acid groups (broad SMARTS) is 1. The summed E-state index contributed by atoms with van der Waals surface area (Å²) >= 11 is 0. The zero-order valence-electron chi connectivity index (χ0n) is 23.4. The zero-order chi connectivity index (χ0) is 29.5. The van der Waals surface area contributed by atoms with Gasteiger partial charge in [-0.2, -0.15) is 0 Å². The van der Waals surface area contributed by atoms with Crippen molar-refractivity contribution in [1.82, 2.24) is 9.80 Å². The third kappa shape index (κ3) is 7.62. The number of benzene rings is 3. The summed E-state index contributed by atoms with van der Waals surface area (Å²) in [6.45, 7) is 5.11. The number of carbonyl (C=O) groups is 3. The molecule has 4 rings (SSSR count). The smallest absolute Gasteiger partial charge is 0.335 e. The number of urea groups is 1. The van der Waals surface area contributed by atoms with Crippen molar-refractivity contribution < 1.29 is 29.3 Å². The number of ether oxygens (including phenoxy) is 1. The van der Waals surface area contributed by atoms with E-state index >= 15 is 0 Å². The summed E-state index contributed by atoms with van der Waals surface area (Å²) in [4.78, 5) is 41.1. The Morgan fingerprint density at radius 2 is 1.73 bits per heavy atom. The predicted molar refractivity (Wildman–Crippen MR) is 156 cm³/mol. The lowest BCUT2D eigenvalue weighted by Gasteiger charge is -2.38. The van der Waals surface area contributed by atoms with Gasteiger partial charge in [0.15, 0.2) is 0 Å². The summed E-state index contributed by atoms with van der Waals surface area (Å²) in [6.07, 6.45) is -0.293. The molecule has 0 unspecified atom stereocenters. The van der Waals surface area contributed by atoms with Crippen LogP contribution in [0.1, 0.15) is 40.1 Å². The van der Waals surface area contributed by atoms with Gasteiger partial charge in [0, 0.05) is 36.9 Å². The van der Waals surface area contributed by atoms with E-state index in [0.717, 1.165) is 5.56 Å². The van der Waals surface area contributed by atoms with E-state index in [0.29, 0.717) is 42.3 Å². The molecule has 3 atom stereocenters. The van der Waals surface area contributed by atoms with Gasteiger partial charge in [0.25, 0.3) is 5.91 Å². The van der Waals surface area contributed by atoms with Crippen molar-refractivity contribution in [1.29, 1.82) is 0 Å². The highest BCUT2D eigenvalue weighted by molar-refractivity contribution is 6.02. The number of anilines is 2. The number of carbonyl (C=O) groups excluding carboxylic acids is 2. The number of aliphatic hydroxyl groups is 1. The first-order chi connectivity index (χ1) is 19.6. The van der Waals surface area contributed by atoms with Crippen molar-refractivity contribution in [2.75, 3.05) is 37.4 Å². The highest BCUT2D eigenvalue weighted by Gasteiger charge is 2.33. The number of hydrogen-bond donors (Lipinski definition) is 4. The maximum Gasteiger partial charge on any atom is 0.335 e. The zero-order valence-corrected chi connectivity index (χ0v) is 23.4. The number of amides is 3. The summed E-state index contributed by atoms with van der Waals surface area (Å²) in [5.41, 5.74) is 2.56. The van der Waals surface area contributed by atoms with Crippen LogP contribution < -0.4 is 15.4 Å². The van der Waals surface area contributed by atoms with Crippen molar-refractivity contribution >= 4 is 29.3 Å². The average Bonchev–Trinajstić information content (AvgIpc) is 2.95. The fraction of sp³-hybridized carbons (Fsp3) is 0.323. The second kappa shape index (κ2) is 13.3. The fourth-order valence-electron chi connectivity index (χ4n) is 4.77. The minimum atomic E-state index is -0.966. The molecule has 41 heavy (non-hydrogen) atoms. The molecule has 4 N–H and O–H groups in total. The molecule has 216 valence electrons. The molecule has 3 aromatic carbocycles. The number of rotatable bonds is 9. The van der Waals surface area contributed by atoms with E-state index in [2.05, 4.69) is 15.5 Å². The molecule has 0 fully saturated rings. The number of hydrogen-bond acceptors (Lipinski definition) is 6. The lowest BCUT2D eigenvalue weighted by atomic mass is 9.99. The van der Waals surface area contributed by atoms with Crippen LogP contribution in [0.15, 0.2) is 72.8 Å². The van der Waals surface area contributed by atoms with Gasteiger partial charge in [-0.25, -0.2) is 9.59 Å². The van der Waals surface area contributed by atoms with Gasteiger partial charge >= 0.3 is 12.0 Å². The number of aromatic carboxylic acids is 1. The van der Waals surface area contributed by atoms with E-state index in [-0.39, 0.29) is 30.1 Å². The van der Waals surface area contributed by atoms with Crippen LogP contribution in [0.25, 0.3) is 0 Å². The van der Waals surface area contributed by atoms with Gasteiger partial charge in [-0.05, 0) is 62.0 Å². The SMILES string of the molecule is C[C@H]1CN([C@@H](C)CO)C(=O)c2cc(NC(=O)Nc3ccccc3)ccc2O[C@H]1CN(C)Cc1ccc(C(=O)O)cc1. The third-order valence-corrected chi connectivity index (χ3v) is 7.10. The molecule has 3 aromatic rings. The van der Waals surface area contributed by atoms with Crippen molar-refractivity contribution in [3.63, 3.8) is 0 Å². The van der Waals surface area contributed by atoms with Gasteiger partial charge < -0.3 is 30.5 Å². The number of nitrogens with one attached hydrogen (secondary N) is 2.